The number of aryl methyl sites for hydroxylation is 2. The Balaban J connectivity index is 1.68. The van der Waals surface area contributed by atoms with Gasteiger partial charge in [-0.3, -0.25) is 0 Å². The van der Waals surface area contributed by atoms with Gasteiger partial charge in [0.15, 0.2) is 0 Å². The summed E-state index contributed by atoms with van der Waals surface area (Å²) in [5.41, 5.74) is 8.25. The quantitative estimate of drug-likeness (QED) is 0.640. The van der Waals surface area contributed by atoms with Crippen LogP contribution in [0.15, 0.2) is 60.7 Å². The predicted octanol–water partition coefficient (Wildman–Crippen LogP) is 3.72. The number of hydrogen-bond donors (Lipinski definition) is 3. The number of aromatic hydroxyl groups is 1. The van der Waals surface area contributed by atoms with Crippen molar-refractivity contribution in [3.63, 3.8) is 0 Å². The fraction of sp³-hybridized carbons (Fsp3) is 0.200. The van der Waals surface area contributed by atoms with Gasteiger partial charge in [0.1, 0.15) is 23.2 Å². The first kappa shape index (κ1) is 16.8. The SMILES string of the molecule is C[C@H](Nc1cc(N)nc(CCc2ccc(O)cc2)n1)c1ccccc1. The Morgan fingerprint density at radius 2 is 1.72 bits per heavy atom. The minimum atomic E-state index is 0.125. The first-order valence-electron chi connectivity index (χ1n) is 8.33. The van der Waals surface area contributed by atoms with E-state index in [0.29, 0.717) is 18.1 Å². The topological polar surface area (TPSA) is 84.1 Å². The molecule has 0 aliphatic rings. The van der Waals surface area contributed by atoms with Crippen LogP contribution in [0.25, 0.3) is 0 Å². The molecule has 128 valence electrons. The van der Waals surface area contributed by atoms with Gasteiger partial charge in [-0.1, -0.05) is 42.5 Å². The Morgan fingerprint density at radius 1 is 1.00 bits per heavy atom. The Hall–Kier alpha value is -3.08. The van der Waals surface area contributed by atoms with Crippen molar-refractivity contribution in [3.05, 3.63) is 77.6 Å². The maximum absolute atomic E-state index is 9.34. The van der Waals surface area contributed by atoms with E-state index >= 15 is 0 Å². The zero-order valence-corrected chi connectivity index (χ0v) is 14.2. The molecule has 0 unspecified atom stereocenters. The number of aromatic nitrogens is 2. The van der Waals surface area contributed by atoms with Crippen molar-refractivity contribution in [3.8, 4) is 5.75 Å². The molecule has 1 aromatic heterocycles. The van der Waals surface area contributed by atoms with E-state index in [4.69, 9.17) is 5.73 Å². The Kier molecular flexibility index (Phi) is 5.14. The highest BCUT2D eigenvalue weighted by atomic mass is 16.3. The number of nitrogens with two attached hydrogens (primary N) is 1. The van der Waals surface area contributed by atoms with E-state index in [-0.39, 0.29) is 11.8 Å². The zero-order chi connectivity index (χ0) is 17.6. The molecule has 3 rings (SSSR count). The third-order valence-corrected chi connectivity index (χ3v) is 4.03. The highest BCUT2D eigenvalue weighted by Crippen LogP contribution is 2.19. The van der Waals surface area contributed by atoms with Gasteiger partial charge < -0.3 is 16.2 Å². The van der Waals surface area contributed by atoms with Crippen molar-refractivity contribution >= 4 is 11.6 Å². The van der Waals surface area contributed by atoms with Crippen LogP contribution in [0.2, 0.25) is 0 Å². The van der Waals surface area contributed by atoms with E-state index < -0.39 is 0 Å². The van der Waals surface area contributed by atoms with Crippen molar-refractivity contribution in [2.45, 2.75) is 25.8 Å². The van der Waals surface area contributed by atoms with Crippen molar-refractivity contribution in [1.29, 1.82) is 0 Å². The van der Waals surface area contributed by atoms with Gasteiger partial charge in [0.25, 0.3) is 0 Å². The molecule has 0 radical (unpaired) electrons. The van der Waals surface area contributed by atoms with Gasteiger partial charge in [0.2, 0.25) is 0 Å². The lowest BCUT2D eigenvalue weighted by atomic mass is 10.1. The summed E-state index contributed by atoms with van der Waals surface area (Å²) in [4.78, 5) is 8.90. The van der Waals surface area contributed by atoms with Gasteiger partial charge in [0.05, 0.1) is 0 Å². The molecule has 0 saturated carbocycles. The summed E-state index contributed by atoms with van der Waals surface area (Å²) in [6, 6.07) is 19.2. The van der Waals surface area contributed by atoms with E-state index in [0.717, 1.165) is 17.8 Å². The van der Waals surface area contributed by atoms with E-state index in [2.05, 4.69) is 34.3 Å². The number of anilines is 2. The number of rotatable bonds is 6. The average Bonchev–Trinajstić information content (AvgIpc) is 2.61. The Morgan fingerprint density at radius 3 is 2.44 bits per heavy atom. The number of hydrogen-bond acceptors (Lipinski definition) is 5. The fourth-order valence-corrected chi connectivity index (χ4v) is 2.67. The van der Waals surface area contributed by atoms with Crippen molar-refractivity contribution in [1.82, 2.24) is 9.97 Å². The van der Waals surface area contributed by atoms with Gasteiger partial charge in [-0.15, -0.1) is 0 Å². The number of nitrogens with one attached hydrogen (secondary N) is 1. The number of phenolic OH excluding ortho intramolecular Hbond substituents is 1. The first-order valence-corrected chi connectivity index (χ1v) is 8.33. The predicted molar refractivity (Wildman–Crippen MR) is 100 cm³/mol. The summed E-state index contributed by atoms with van der Waals surface area (Å²) in [7, 11) is 0. The monoisotopic (exact) mass is 334 g/mol. The van der Waals surface area contributed by atoms with Gasteiger partial charge in [-0.05, 0) is 36.6 Å². The molecule has 0 bridgehead atoms. The van der Waals surface area contributed by atoms with Crippen molar-refractivity contribution in [2.75, 3.05) is 11.1 Å². The van der Waals surface area contributed by atoms with Crippen LogP contribution in [-0.4, -0.2) is 15.1 Å². The van der Waals surface area contributed by atoms with Crippen molar-refractivity contribution in [2.24, 2.45) is 0 Å². The van der Waals surface area contributed by atoms with Crippen LogP contribution in [0.5, 0.6) is 5.75 Å². The lowest BCUT2D eigenvalue weighted by molar-refractivity contribution is 0.475. The zero-order valence-electron chi connectivity index (χ0n) is 14.2. The summed E-state index contributed by atoms with van der Waals surface area (Å²) in [5.74, 6) is 2.16. The molecule has 0 amide bonds. The standard InChI is InChI=1S/C20H22N4O/c1-14(16-5-3-2-4-6-16)22-20-13-18(21)23-19(24-20)12-9-15-7-10-17(25)11-8-15/h2-8,10-11,13-14,25H,9,12H2,1H3,(H3,21,22,23,24)/t14-/m0/s1. The van der Waals surface area contributed by atoms with Crippen LogP contribution in [0.4, 0.5) is 11.6 Å². The van der Waals surface area contributed by atoms with Gasteiger partial charge in [-0.25, -0.2) is 9.97 Å². The molecule has 5 heteroatoms. The minimum Gasteiger partial charge on any atom is -0.508 e. The molecular weight excluding hydrogens is 312 g/mol. The summed E-state index contributed by atoms with van der Waals surface area (Å²) >= 11 is 0. The highest BCUT2D eigenvalue weighted by Gasteiger charge is 2.08. The molecule has 0 aliphatic heterocycles. The van der Waals surface area contributed by atoms with E-state index in [9.17, 15) is 5.11 Å². The molecule has 3 aromatic rings. The van der Waals surface area contributed by atoms with Crippen molar-refractivity contribution < 1.29 is 5.11 Å². The largest absolute Gasteiger partial charge is 0.508 e. The molecule has 25 heavy (non-hydrogen) atoms. The summed E-state index contributed by atoms with van der Waals surface area (Å²) in [6.07, 6.45) is 1.47. The minimum absolute atomic E-state index is 0.125. The lowest BCUT2D eigenvalue weighted by Gasteiger charge is -2.15. The lowest BCUT2D eigenvalue weighted by Crippen LogP contribution is -2.11. The average molecular weight is 334 g/mol. The van der Waals surface area contributed by atoms with Crippen LogP contribution in [0, 0.1) is 0 Å². The molecular formula is C20H22N4O. The third-order valence-electron chi connectivity index (χ3n) is 4.03. The number of phenols is 1. The maximum Gasteiger partial charge on any atom is 0.133 e. The van der Waals surface area contributed by atoms with Crippen LogP contribution in [0.3, 0.4) is 0 Å². The van der Waals surface area contributed by atoms with Crippen LogP contribution in [0.1, 0.15) is 29.9 Å². The van der Waals surface area contributed by atoms with Crippen LogP contribution >= 0.6 is 0 Å². The molecule has 0 fully saturated rings. The molecule has 1 heterocycles. The number of nitrogen functional groups attached to an aromatic ring is 1. The van der Waals surface area contributed by atoms with Gasteiger partial charge in [0, 0.05) is 18.5 Å². The maximum atomic E-state index is 9.34. The third kappa shape index (κ3) is 4.70. The van der Waals surface area contributed by atoms with E-state index in [1.54, 1.807) is 18.2 Å². The molecule has 5 nitrogen and oxygen atoms in total. The second kappa shape index (κ2) is 7.66. The summed E-state index contributed by atoms with van der Waals surface area (Å²) in [6.45, 7) is 2.09. The molecule has 0 saturated heterocycles. The molecule has 2 aromatic carbocycles. The second-order valence-corrected chi connectivity index (χ2v) is 6.04. The Labute approximate surface area is 147 Å². The molecule has 4 N–H and O–H groups in total. The number of benzene rings is 2. The fourth-order valence-electron chi connectivity index (χ4n) is 2.67. The molecule has 0 aliphatic carbocycles. The van der Waals surface area contributed by atoms with E-state index in [1.807, 2.05) is 30.3 Å². The smallest absolute Gasteiger partial charge is 0.133 e. The van der Waals surface area contributed by atoms with Crippen LogP contribution in [-0.2, 0) is 12.8 Å². The second-order valence-electron chi connectivity index (χ2n) is 6.04. The summed E-state index contributed by atoms with van der Waals surface area (Å²) in [5, 5.41) is 12.7. The van der Waals surface area contributed by atoms with Gasteiger partial charge >= 0.3 is 0 Å². The van der Waals surface area contributed by atoms with Crippen LogP contribution < -0.4 is 11.1 Å². The molecule has 0 spiro atoms. The summed E-state index contributed by atoms with van der Waals surface area (Å²) < 4.78 is 0. The first-order chi connectivity index (χ1) is 12.1. The molecule has 1 atom stereocenters. The normalized spacial score (nSPS) is 11.9. The van der Waals surface area contributed by atoms with E-state index in [1.165, 1.54) is 5.56 Å². The highest BCUT2D eigenvalue weighted by molar-refractivity contribution is 5.46. The Bertz CT molecular complexity index is 819. The van der Waals surface area contributed by atoms with Gasteiger partial charge in [-0.2, -0.15) is 0 Å². The number of nitrogens with zero attached hydrogens (tertiary/aromatic N) is 2.